The molecule has 0 atom stereocenters. The molecule has 5 heteroatoms. The Labute approximate surface area is 198 Å². The van der Waals surface area contributed by atoms with E-state index in [2.05, 4.69) is 23.8 Å². The van der Waals surface area contributed by atoms with Crippen LogP contribution in [0.1, 0.15) is 110 Å². The molecular weight excluding hydrogens is 424 g/mol. The van der Waals surface area contributed by atoms with E-state index < -0.39 is 0 Å². The van der Waals surface area contributed by atoms with Crippen LogP contribution in [0.5, 0.6) is 17.2 Å². The summed E-state index contributed by atoms with van der Waals surface area (Å²) in [7, 11) is 0. The SMILES string of the molecule is CCCCCCCCCCCCCCCCCCOc1ccsc1.Oc1cscc1O. The first-order valence-electron chi connectivity index (χ1n) is 12.3. The summed E-state index contributed by atoms with van der Waals surface area (Å²) in [6.45, 7) is 3.18. The van der Waals surface area contributed by atoms with Crippen molar-refractivity contribution in [2.24, 2.45) is 0 Å². The summed E-state index contributed by atoms with van der Waals surface area (Å²) >= 11 is 2.97. The van der Waals surface area contributed by atoms with Crippen LogP contribution in [0.3, 0.4) is 0 Å². The van der Waals surface area contributed by atoms with E-state index in [0.717, 1.165) is 12.4 Å². The molecule has 0 fully saturated rings. The molecule has 2 aromatic heterocycles. The monoisotopic (exact) mass is 468 g/mol. The van der Waals surface area contributed by atoms with Crippen LogP contribution in [0.2, 0.25) is 0 Å². The maximum atomic E-state index is 8.52. The Morgan fingerprint density at radius 1 is 0.613 bits per heavy atom. The second-order valence-electron chi connectivity index (χ2n) is 8.25. The van der Waals surface area contributed by atoms with Gasteiger partial charge in [0.15, 0.2) is 11.5 Å². The highest BCUT2D eigenvalue weighted by atomic mass is 32.1. The molecule has 2 aromatic rings. The van der Waals surface area contributed by atoms with E-state index in [1.807, 2.05) is 0 Å². The molecule has 2 N–H and O–H groups in total. The first-order valence-corrected chi connectivity index (χ1v) is 14.2. The van der Waals surface area contributed by atoms with Crippen LogP contribution in [0, 0.1) is 0 Å². The molecule has 0 spiro atoms. The van der Waals surface area contributed by atoms with Crippen molar-refractivity contribution in [1.29, 1.82) is 0 Å². The maximum absolute atomic E-state index is 8.52. The van der Waals surface area contributed by atoms with E-state index in [0.29, 0.717) is 0 Å². The lowest BCUT2D eigenvalue weighted by Gasteiger charge is -2.04. The summed E-state index contributed by atoms with van der Waals surface area (Å²) in [5.41, 5.74) is 0. The zero-order valence-corrected chi connectivity index (χ0v) is 21.2. The van der Waals surface area contributed by atoms with Gasteiger partial charge in [-0.1, -0.05) is 103 Å². The topological polar surface area (TPSA) is 49.7 Å². The quantitative estimate of drug-likeness (QED) is 0.214. The van der Waals surface area contributed by atoms with Crippen LogP contribution < -0.4 is 4.74 Å². The third-order valence-corrected chi connectivity index (χ3v) is 6.76. The van der Waals surface area contributed by atoms with Gasteiger partial charge in [-0.05, 0) is 17.9 Å². The van der Waals surface area contributed by atoms with Crippen molar-refractivity contribution in [2.45, 2.75) is 110 Å². The molecule has 0 aliphatic rings. The summed E-state index contributed by atoms with van der Waals surface area (Å²) in [5, 5.41) is 24.1. The fraction of sp³-hybridized carbons (Fsp3) is 0.692. The minimum Gasteiger partial charge on any atom is -0.504 e. The van der Waals surface area contributed by atoms with Crippen molar-refractivity contribution < 1.29 is 14.9 Å². The highest BCUT2D eigenvalue weighted by molar-refractivity contribution is 7.08. The van der Waals surface area contributed by atoms with Crippen LogP contribution in [0.25, 0.3) is 0 Å². The van der Waals surface area contributed by atoms with E-state index in [1.54, 1.807) is 11.3 Å². The molecular formula is C26H44O3S2. The zero-order chi connectivity index (χ0) is 22.4. The minimum absolute atomic E-state index is 0.0370. The van der Waals surface area contributed by atoms with Crippen molar-refractivity contribution in [2.75, 3.05) is 6.61 Å². The third-order valence-electron chi connectivity index (χ3n) is 5.38. The van der Waals surface area contributed by atoms with Gasteiger partial charge in [0.25, 0.3) is 0 Å². The first kappa shape index (κ1) is 27.8. The Bertz CT molecular complexity index is 579. The Morgan fingerprint density at radius 3 is 1.42 bits per heavy atom. The predicted molar refractivity (Wildman–Crippen MR) is 137 cm³/mol. The van der Waals surface area contributed by atoms with Gasteiger partial charge in [0.2, 0.25) is 0 Å². The second-order valence-corrected chi connectivity index (χ2v) is 9.78. The van der Waals surface area contributed by atoms with Gasteiger partial charge in [-0.2, -0.15) is 0 Å². The number of aromatic hydroxyl groups is 2. The highest BCUT2D eigenvalue weighted by Gasteiger charge is 1.96. The Kier molecular flexibility index (Phi) is 18.6. The van der Waals surface area contributed by atoms with Gasteiger partial charge in [-0.15, -0.1) is 22.7 Å². The number of thiophene rings is 2. The van der Waals surface area contributed by atoms with Gasteiger partial charge in [0.1, 0.15) is 5.75 Å². The molecule has 0 aromatic carbocycles. The number of hydrogen-bond acceptors (Lipinski definition) is 5. The van der Waals surface area contributed by atoms with Gasteiger partial charge in [-0.3, -0.25) is 0 Å². The van der Waals surface area contributed by atoms with Crippen LogP contribution in [0.4, 0.5) is 0 Å². The number of unbranched alkanes of at least 4 members (excludes halogenated alkanes) is 15. The molecule has 0 bridgehead atoms. The first-order chi connectivity index (χ1) is 15.2. The molecule has 31 heavy (non-hydrogen) atoms. The van der Waals surface area contributed by atoms with E-state index in [1.165, 1.54) is 125 Å². The molecule has 2 heterocycles. The number of hydrogen-bond donors (Lipinski definition) is 2. The fourth-order valence-electron chi connectivity index (χ4n) is 3.46. The summed E-state index contributed by atoms with van der Waals surface area (Å²) in [4.78, 5) is 0. The van der Waals surface area contributed by atoms with Crippen molar-refractivity contribution >= 4 is 22.7 Å². The van der Waals surface area contributed by atoms with E-state index in [-0.39, 0.29) is 11.5 Å². The van der Waals surface area contributed by atoms with E-state index in [9.17, 15) is 0 Å². The minimum atomic E-state index is -0.0370. The smallest absolute Gasteiger partial charge is 0.168 e. The van der Waals surface area contributed by atoms with E-state index in [4.69, 9.17) is 14.9 Å². The van der Waals surface area contributed by atoms with Gasteiger partial charge in [0.05, 0.1) is 6.61 Å². The van der Waals surface area contributed by atoms with Gasteiger partial charge >= 0.3 is 0 Å². The largest absolute Gasteiger partial charge is 0.504 e. The lowest BCUT2D eigenvalue weighted by atomic mass is 10.0. The fourth-order valence-corrected chi connectivity index (χ4v) is 4.60. The normalized spacial score (nSPS) is 10.6. The summed E-state index contributed by atoms with van der Waals surface area (Å²) in [6.07, 6.45) is 22.7. The molecule has 0 aliphatic carbocycles. The molecule has 0 radical (unpaired) electrons. The average molecular weight is 469 g/mol. The van der Waals surface area contributed by atoms with Crippen molar-refractivity contribution in [3.63, 3.8) is 0 Å². The van der Waals surface area contributed by atoms with Crippen molar-refractivity contribution in [1.82, 2.24) is 0 Å². The van der Waals surface area contributed by atoms with Gasteiger partial charge < -0.3 is 14.9 Å². The molecule has 2 rings (SSSR count). The van der Waals surface area contributed by atoms with Crippen molar-refractivity contribution in [3.05, 3.63) is 27.6 Å². The summed E-state index contributed by atoms with van der Waals surface area (Å²) in [5.74, 6) is 0.968. The lowest BCUT2D eigenvalue weighted by Crippen LogP contribution is -1.95. The number of ether oxygens (including phenoxy) is 1. The van der Waals surface area contributed by atoms with Crippen LogP contribution in [0.15, 0.2) is 27.6 Å². The molecule has 0 unspecified atom stereocenters. The third kappa shape index (κ3) is 17.1. The molecule has 0 aliphatic heterocycles. The van der Waals surface area contributed by atoms with Gasteiger partial charge in [-0.25, -0.2) is 0 Å². The van der Waals surface area contributed by atoms with Crippen LogP contribution >= 0.6 is 22.7 Å². The Balaban J connectivity index is 0.000000577. The Morgan fingerprint density at radius 2 is 1.06 bits per heavy atom. The van der Waals surface area contributed by atoms with Crippen LogP contribution in [-0.2, 0) is 0 Å². The highest BCUT2D eigenvalue weighted by Crippen LogP contribution is 2.27. The molecule has 0 saturated heterocycles. The molecule has 178 valence electrons. The standard InChI is InChI=1S/C22H40OS.C4H4O2S/c1-2-3-4-5-6-7-8-9-10-11-12-13-14-15-16-17-19-23-22-18-20-24-21-22;5-3-1-7-2-4(3)6/h18,20-21H,2-17,19H2,1H3;1-2,5-6H. The van der Waals surface area contributed by atoms with Crippen LogP contribution in [-0.4, -0.2) is 16.8 Å². The Hall–Kier alpha value is -1.20. The van der Waals surface area contributed by atoms with E-state index >= 15 is 0 Å². The zero-order valence-electron chi connectivity index (χ0n) is 19.5. The number of rotatable bonds is 18. The van der Waals surface area contributed by atoms with Crippen molar-refractivity contribution in [3.8, 4) is 17.2 Å². The predicted octanol–water partition coefficient (Wildman–Crippen LogP) is 9.55. The maximum Gasteiger partial charge on any atom is 0.168 e. The molecule has 3 nitrogen and oxygen atoms in total. The average Bonchev–Trinajstić information content (AvgIpc) is 3.42. The molecule has 0 amide bonds. The molecule has 0 saturated carbocycles. The lowest BCUT2D eigenvalue weighted by molar-refractivity contribution is 0.305. The summed E-state index contributed by atoms with van der Waals surface area (Å²) in [6, 6.07) is 2.05. The second kappa shape index (κ2) is 20.7. The summed E-state index contributed by atoms with van der Waals surface area (Å²) < 4.78 is 5.68. The van der Waals surface area contributed by atoms with Gasteiger partial charge in [0, 0.05) is 16.1 Å².